The monoisotopic (exact) mass is 478 g/mol. The zero-order chi connectivity index (χ0) is 20.9. The van der Waals surface area contributed by atoms with Gasteiger partial charge in [0, 0.05) is 11.9 Å². The zero-order valence-electron chi connectivity index (χ0n) is 19.7. The second kappa shape index (κ2) is 20.9. The Morgan fingerprint density at radius 1 is 0.679 bits per heavy atom. The van der Waals surface area contributed by atoms with Gasteiger partial charge >= 0.3 is 0 Å². The SMILES string of the molecule is CCCCCCCCCC(OCCCCCCBr)O[Si](C)(C)CCCCCC. The van der Waals surface area contributed by atoms with Crippen molar-refractivity contribution in [2.45, 2.75) is 142 Å². The molecule has 1 atom stereocenters. The van der Waals surface area contributed by atoms with E-state index in [0.717, 1.165) is 18.4 Å². The van der Waals surface area contributed by atoms with Gasteiger partial charge in [0.1, 0.15) is 6.29 Å². The van der Waals surface area contributed by atoms with Crippen molar-refractivity contribution in [1.29, 1.82) is 0 Å². The van der Waals surface area contributed by atoms with E-state index in [1.807, 2.05) is 0 Å². The molecule has 0 saturated heterocycles. The average molecular weight is 480 g/mol. The van der Waals surface area contributed by atoms with Crippen LogP contribution >= 0.6 is 15.9 Å². The molecule has 0 radical (unpaired) electrons. The summed E-state index contributed by atoms with van der Waals surface area (Å²) in [4.78, 5) is 0. The first-order valence-electron chi connectivity index (χ1n) is 12.4. The van der Waals surface area contributed by atoms with E-state index in [1.165, 1.54) is 102 Å². The Morgan fingerprint density at radius 2 is 1.21 bits per heavy atom. The molecule has 0 N–H and O–H groups in total. The largest absolute Gasteiger partial charge is 0.393 e. The van der Waals surface area contributed by atoms with Crippen LogP contribution in [0.5, 0.6) is 0 Å². The number of rotatable bonds is 22. The van der Waals surface area contributed by atoms with Crippen LogP contribution in [0.1, 0.15) is 117 Å². The maximum absolute atomic E-state index is 6.60. The molecule has 2 nitrogen and oxygen atoms in total. The summed E-state index contributed by atoms with van der Waals surface area (Å²) in [6, 6.07) is 1.27. The highest BCUT2D eigenvalue weighted by Crippen LogP contribution is 2.22. The summed E-state index contributed by atoms with van der Waals surface area (Å²) < 4.78 is 12.8. The Bertz CT molecular complexity index is 313. The van der Waals surface area contributed by atoms with E-state index in [0.29, 0.717) is 0 Å². The van der Waals surface area contributed by atoms with Gasteiger partial charge in [0.2, 0.25) is 0 Å². The van der Waals surface area contributed by atoms with Gasteiger partial charge in [-0.05, 0) is 44.8 Å². The maximum Gasteiger partial charge on any atom is 0.190 e. The topological polar surface area (TPSA) is 18.5 Å². The first-order valence-corrected chi connectivity index (χ1v) is 16.6. The minimum Gasteiger partial charge on any atom is -0.393 e. The van der Waals surface area contributed by atoms with Crippen LogP contribution in [-0.4, -0.2) is 26.5 Å². The third-order valence-electron chi connectivity index (χ3n) is 5.46. The van der Waals surface area contributed by atoms with E-state index in [9.17, 15) is 0 Å². The summed E-state index contributed by atoms with van der Waals surface area (Å²) in [6.07, 6.45) is 21.0. The quantitative estimate of drug-likeness (QED) is 0.0667. The molecule has 0 aliphatic rings. The second-order valence-electron chi connectivity index (χ2n) is 9.00. The highest BCUT2D eigenvalue weighted by molar-refractivity contribution is 9.09. The fraction of sp³-hybridized carbons (Fsp3) is 1.00. The Kier molecular flexibility index (Phi) is 21.3. The van der Waals surface area contributed by atoms with Gasteiger partial charge in [0.05, 0.1) is 0 Å². The van der Waals surface area contributed by atoms with Gasteiger partial charge in [0.15, 0.2) is 8.32 Å². The molecule has 0 aromatic carbocycles. The van der Waals surface area contributed by atoms with E-state index < -0.39 is 8.32 Å². The third kappa shape index (κ3) is 19.9. The molecule has 0 bridgehead atoms. The Labute approximate surface area is 187 Å². The van der Waals surface area contributed by atoms with Gasteiger partial charge in [-0.25, -0.2) is 0 Å². The van der Waals surface area contributed by atoms with Crippen LogP contribution in [0.4, 0.5) is 0 Å². The smallest absolute Gasteiger partial charge is 0.190 e. The van der Waals surface area contributed by atoms with E-state index >= 15 is 0 Å². The standard InChI is InChI=1S/C24H51BrO2Si/c1-5-7-9-11-12-13-16-20-24(26-22-18-15-14-17-21-25)27-28(3,4)23-19-10-8-6-2/h24H,5-23H2,1-4H3. The Hall–Kier alpha value is 0.617. The molecule has 0 spiro atoms. The lowest BCUT2D eigenvalue weighted by atomic mass is 10.1. The van der Waals surface area contributed by atoms with Crippen molar-refractivity contribution >= 4 is 24.2 Å². The molecule has 0 aromatic heterocycles. The van der Waals surface area contributed by atoms with Crippen LogP contribution in [-0.2, 0) is 9.16 Å². The van der Waals surface area contributed by atoms with Crippen molar-refractivity contribution in [1.82, 2.24) is 0 Å². The molecule has 0 rings (SSSR count). The molecular formula is C24H51BrO2Si. The van der Waals surface area contributed by atoms with Crippen LogP contribution < -0.4 is 0 Å². The lowest BCUT2D eigenvalue weighted by Gasteiger charge is -2.29. The summed E-state index contributed by atoms with van der Waals surface area (Å²) in [5.41, 5.74) is 0. The minimum absolute atomic E-state index is 0.0414. The molecule has 0 heterocycles. The predicted octanol–water partition coefficient (Wildman–Crippen LogP) is 9.23. The van der Waals surface area contributed by atoms with Crippen molar-refractivity contribution in [3.8, 4) is 0 Å². The summed E-state index contributed by atoms with van der Waals surface area (Å²) in [5.74, 6) is 0. The molecule has 0 saturated carbocycles. The van der Waals surface area contributed by atoms with Crippen LogP contribution in [0, 0.1) is 0 Å². The lowest BCUT2D eigenvalue weighted by molar-refractivity contribution is -0.0926. The van der Waals surface area contributed by atoms with Crippen LogP contribution in [0.2, 0.25) is 19.1 Å². The molecule has 0 aliphatic heterocycles. The number of halogens is 1. The van der Waals surface area contributed by atoms with Gasteiger partial charge in [-0.1, -0.05) is 107 Å². The second-order valence-corrected chi connectivity index (χ2v) is 14.0. The summed E-state index contributed by atoms with van der Waals surface area (Å²) >= 11 is 3.51. The Balaban J connectivity index is 4.18. The van der Waals surface area contributed by atoms with Gasteiger partial charge in [-0.3, -0.25) is 0 Å². The van der Waals surface area contributed by atoms with Crippen molar-refractivity contribution in [2.24, 2.45) is 0 Å². The molecule has 28 heavy (non-hydrogen) atoms. The highest BCUT2D eigenvalue weighted by atomic mass is 79.9. The van der Waals surface area contributed by atoms with E-state index in [1.54, 1.807) is 0 Å². The number of ether oxygens (including phenoxy) is 1. The maximum atomic E-state index is 6.60. The summed E-state index contributed by atoms with van der Waals surface area (Å²) in [7, 11) is -1.61. The number of hydrogen-bond donors (Lipinski definition) is 0. The number of unbranched alkanes of at least 4 members (excludes halogenated alkanes) is 12. The van der Waals surface area contributed by atoms with Gasteiger partial charge in [-0.2, -0.15) is 0 Å². The summed E-state index contributed by atoms with van der Waals surface area (Å²) in [5, 5.41) is 1.12. The van der Waals surface area contributed by atoms with Crippen LogP contribution in [0.3, 0.4) is 0 Å². The zero-order valence-corrected chi connectivity index (χ0v) is 22.3. The molecule has 0 fully saturated rings. The molecule has 0 aromatic rings. The fourth-order valence-electron chi connectivity index (χ4n) is 3.60. The van der Waals surface area contributed by atoms with Crippen molar-refractivity contribution in [3.05, 3.63) is 0 Å². The molecule has 1 unspecified atom stereocenters. The molecule has 4 heteroatoms. The first-order chi connectivity index (χ1) is 13.6. The van der Waals surface area contributed by atoms with Crippen molar-refractivity contribution in [2.75, 3.05) is 11.9 Å². The van der Waals surface area contributed by atoms with Crippen molar-refractivity contribution < 1.29 is 9.16 Å². The average Bonchev–Trinajstić information content (AvgIpc) is 2.66. The van der Waals surface area contributed by atoms with Crippen LogP contribution in [0.25, 0.3) is 0 Å². The lowest BCUT2D eigenvalue weighted by Crippen LogP contribution is -2.36. The Morgan fingerprint density at radius 3 is 1.86 bits per heavy atom. The number of hydrogen-bond acceptors (Lipinski definition) is 2. The molecular weight excluding hydrogens is 428 g/mol. The third-order valence-corrected chi connectivity index (χ3v) is 8.48. The first kappa shape index (κ1) is 28.6. The molecule has 170 valence electrons. The van der Waals surface area contributed by atoms with Gasteiger partial charge in [-0.15, -0.1) is 0 Å². The molecule has 0 amide bonds. The summed E-state index contributed by atoms with van der Waals surface area (Å²) in [6.45, 7) is 10.2. The number of alkyl halides is 1. The van der Waals surface area contributed by atoms with Crippen molar-refractivity contribution in [3.63, 3.8) is 0 Å². The van der Waals surface area contributed by atoms with E-state index in [2.05, 4.69) is 42.9 Å². The van der Waals surface area contributed by atoms with E-state index in [-0.39, 0.29) is 6.29 Å². The normalized spacial score (nSPS) is 13.2. The van der Waals surface area contributed by atoms with Gasteiger partial charge < -0.3 is 9.16 Å². The van der Waals surface area contributed by atoms with Gasteiger partial charge in [0.25, 0.3) is 0 Å². The molecule has 0 aliphatic carbocycles. The van der Waals surface area contributed by atoms with Crippen LogP contribution in [0.15, 0.2) is 0 Å². The fourth-order valence-corrected chi connectivity index (χ4v) is 6.11. The minimum atomic E-state index is -1.61. The predicted molar refractivity (Wildman–Crippen MR) is 132 cm³/mol. The van der Waals surface area contributed by atoms with E-state index in [4.69, 9.17) is 9.16 Å². The highest BCUT2D eigenvalue weighted by Gasteiger charge is 2.26.